The zero-order valence-electron chi connectivity index (χ0n) is 15.0. The highest BCUT2D eigenvalue weighted by Gasteiger charge is 2.31. The lowest BCUT2D eigenvalue weighted by molar-refractivity contribution is 0.0248. The first kappa shape index (κ1) is 16.7. The molecule has 0 spiro atoms. The minimum atomic E-state index is 0.724. The minimum absolute atomic E-state index is 0.724. The molecule has 0 radical (unpaired) electrons. The van der Waals surface area contributed by atoms with Gasteiger partial charge in [-0.3, -0.25) is 9.80 Å². The largest absolute Gasteiger partial charge is 0.306 e. The van der Waals surface area contributed by atoms with Gasteiger partial charge in [0.15, 0.2) is 0 Å². The lowest BCUT2D eigenvalue weighted by atomic mass is 9.99. The van der Waals surface area contributed by atoms with Crippen molar-refractivity contribution in [3.05, 3.63) is 0 Å². The van der Waals surface area contributed by atoms with Gasteiger partial charge < -0.3 is 9.80 Å². The first-order chi connectivity index (χ1) is 10.6. The summed E-state index contributed by atoms with van der Waals surface area (Å²) in [7, 11) is 2.26. The van der Waals surface area contributed by atoms with Gasteiger partial charge in [0.05, 0.1) is 0 Å². The molecule has 0 saturated carbocycles. The molecule has 4 heteroatoms. The predicted octanol–water partition coefficient (Wildman–Crippen LogP) is 1.57. The van der Waals surface area contributed by atoms with Crippen LogP contribution in [0.3, 0.4) is 0 Å². The SMILES string of the molecule is CC(C)N1CCC(N2CCN(C3CCN(C)CC3)CC2)CC1. The van der Waals surface area contributed by atoms with Crippen LogP contribution in [0.5, 0.6) is 0 Å². The molecule has 0 aliphatic carbocycles. The quantitative estimate of drug-likeness (QED) is 0.784. The monoisotopic (exact) mass is 308 g/mol. The molecule has 0 N–H and O–H groups in total. The molecule has 0 aromatic carbocycles. The second-order valence-electron chi connectivity index (χ2n) is 7.97. The highest BCUT2D eigenvalue weighted by Crippen LogP contribution is 2.22. The molecule has 3 aliphatic heterocycles. The molecule has 0 unspecified atom stereocenters. The topological polar surface area (TPSA) is 13.0 Å². The average molecular weight is 309 g/mol. The molecule has 3 rings (SSSR count). The van der Waals surface area contributed by atoms with E-state index in [-0.39, 0.29) is 0 Å². The van der Waals surface area contributed by atoms with Gasteiger partial charge in [-0.2, -0.15) is 0 Å². The summed E-state index contributed by atoms with van der Waals surface area (Å²) in [4.78, 5) is 10.7. The third-order valence-electron chi connectivity index (χ3n) is 6.30. The van der Waals surface area contributed by atoms with Gasteiger partial charge in [0.2, 0.25) is 0 Å². The molecule has 0 atom stereocenters. The maximum Gasteiger partial charge on any atom is 0.0121 e. The van der Waals surface area contributed by atoms with Gasteiger partial charge in [-0.05, 0) is 72.8 Å². The number of piperazine rings is 1. The van der Waals surface area contributed by atoms with Crippen LogP contribution in [-0.2, 0) is 0 Å². The number of hydrogen-bond donors (Lipinski definition) is 0. The fourth-order valence-corrected chi connectivity index (χ4v) is 4.60. The summed E-state index contributed by atoms with van der Waals surface area (Å²) in [6, 6.07) is 2.44. The summed E-state index contributed by atoms with van der Waals surface area (Å²) in [5, 5.41) is 0. The number of rotatable bonds is 3. The van der Waals surface area contributed by atoms with E-state index in [0.29, 0.717) is 0 Å². The Morgan fingerprint density at radius 1 is 0.636 bits per heavy atom. The van der Waals surface area contributed by atoms with E-state index in [2.05, 4.69) is 40.5 Å². The first-order valence-electron chi connectivity index (χ1n) is 9.54. The highest BCUT2D eigenvalue weighted by molar-refractivity contribution is 4.87. The number of likely N-dealkylation sites (tertiary alicyclic amines) is 2. The normalized spacial score (nSPS) is 29.5. The van der Waals surface area contributed by atoms with Crippen molar-refractivity contribution in [2.24, 2.45) is 0 Å². The van der Waals surface area contributed by atoms with Gasteiger partial charge in [0.1, 0.15) is 0 Å². The molecule has 3 saturated heterocycles. The lowest BCUT2D eigenvalue weighted by Gasteiger charge is -2.46. The van der Waals surface area contributed by atoms with Crippen molar-refractivity contribution in [1.82, 2.24) is 19.6 Å². The molecule has 0 aromatic rings. The summed E-state index contributed by atoms with van der Waals surface area (Å²) >= 11 is 0. The van der Waals surface area contributed by atoms with Crippen LogP contribution < -0.4 is 0 Å². The van der Waals surface area contributed by atoms with Crippen LogP contribution in [0.15, 0.2) is 0 Å². The Hall–Kier alpha value is -0.160. The molecular formula is C18H36N4. The second-order valence-corrected chi connectivity index (χ2v) is 7.97. The van der Waals surface area contributed by atoms with Gasteiger partial charge in [-0.15, -0.1) is 0 Å². The van der Waals surface area contributed by atoms with Crippen molar-refractivity contribution in [2.45, 2.75) is 57.7 Å². The van der Waals surface area contributed by atoms with Crippen molar-refractivity contribution >= 4 is 0 Å². The Kier molecular flexibility index (Phi) is 5.77. The molecule has 3 aliphatic rings. The van der Waals surface area contributed by atoms with E-state index in [9.17, 15) is 0 Å². The Morgan fingerprint density at radius 2 is 1.05 bits per heavy atom. The van der Waals surface area contributed by atoms with Crippen molar-refractivity contribution in [3.8, 4) is 0 Å². The van der Waals surface area contributed by atoms with E-state index >= 15 is 0 Å². The van der Waals surface area contributed by atoms with Crippen LogP contribution >= 0.6 is 0 Å². The maximum absolute atomic E-state index is 2.79. The molecular weight excluding hydrogens is 272 g/mol. The molecule has 3 fully saturated rings. The molecule has 22 heavy (non-hydrogen) atoms. The zero-order chi connectivity index (χ0) is 15.5. The van der Waals surface area contributed by atoms with E-state index < -0.39 is 0 Å². The van der Waals surface area contributed by atoms with Crippen LogP contribution in [0.1, 0.15) is 39.5 Å². The Bertz CT molecular complexity index is 322. The third kappa shape index (κ3) is 4.02. The number of nitrogens with zero attached hydrogens (tertiary/aromatic N) is 4. The summed E-state index contributed by atoms with van der Waals surface area (Å²) in [6.07, 6.45) is 5.52. The van der Waals surface area contributed by atoms with E-state index in [1.807, 2.05) is 0 Å². The van der Waals surface area contributed by atoms with E-state index in [1.54, 1.807) is 0 Å². The summed E-state index contributed by atoms with van der Waals surface area (Å²) < 4.78 is 0. The zero-order valence-corrected chi connectivity index (χ0v) is 15.0. The number of hydrogen-bond acceptors (Lipinski definition) is 4. The molecule has 128 valence electrons. The molecule has 3 heterocycles. The van der Waals surface area contributed by atoms with E-state index in [4.69, 9.17) is 0 Å². The standard InChI is InChI=1S/C18H36N4/c1-16(2)20-10-6-18(7-11-20)22-14-12-21(13-15-22)17-4-8-19(3)9-5-17/h16-18H,4-15H2,1-3H3. The first-order valence-corrected chi connectivity index (χ1v) is 9.54. The molecule has 0 bridgehead atoms. The van der Waals surface area contributed by atoms with Crippen molar-refractivity contribution in [2.75, 3.05) is 59.4 Å². The predicted molar refractivity (Wildman–Crippen MR) is 93.4 cm³/mol. The van der Waals surface area contributed by atoms with Crippen LogP contribution in [0.4, 0.5) is 0 Å². The fraction of sp³-hybridized carbons (Fsp3) is 1.00. The molecule has 0 aromatic heterocycles. The van der Waals surface area contributed by atoms with Crippen molar-refractivity contribution < 1.29 is 0 Å². The van der Waals surface area contributed by atoms with Gasteiger partial charge in [-0.1, -0.05) is 0 Å². The van der Waals surface area contributed by atoms with Gasteiger partial charge >= 0.3 is 0 Å². The van der Waals surface area contributed by atoms with Crippen LogP contribution in [-0.4, -0.2) is 97.1 Å². The third-order valence-corrected chi connectivity index (χ3v) is 6.30. The number of piperidine rings is 2. The average Bonchev–Trinajstić information content (AvgIpc) is 2.56. The van der Waals surface area contributed by atoms with Crippen molar-refractivity contribution in [1.29, 1.82) is 0 Å². The van der Waals surface area contributed by atoms with Crippen molar-refractivity contribution in [3.63, 3.8) is 0 Å². The smallest absolute Gasteiger partial charge is 0.0121 e. The summed E-state index contributed by atoms with van der Waals surface area (Å²) in [5.41, 5.74) is 0. The van der Waals surface area contributed by atoms with E-state index in [1.165, 1.54) is 78.0 Å². The lowest BCUT2D eigenvalue weighted by Crippen LogP contribution is -2.56. The minimum Gasteiger partial charge on any atom is -0.306 e. The molecule has 4 nitrogen and oxygen atoms in total. The van der Waals surface area contributed by atoms with E-state index in [0.717, 1.165) is 18.1 Å². The fourth-order valence-electron chi connectivity index (χ4n) is 4.60. The van der Waals surface area contributed by atoms with Crippen LogP contribution in [0.25, 0.3) is 0 Å². The highest BCUT2D eigenvalue weighted by atomic mass is 15.3. The van der Waals surface area contributed by atoms with Gasteiger partial charge in [0, 0.05) is 44.3 Å². The molecule has 0 amide bonds. The Labute approximate surface area is 137 Å². The van der Waals surface area contributed by atoms with Gasteiger partial charge in [-0.25, -0.2) is 0 Å². The van der Waals surface area contributed by atoms with Crippen LogP contribution in [0.2, 0.25) is 0 Å². The van der Waals surface area contributed by atoms with Crippen LogP contribution in [0, 0.1) is 0 Å². The Morgan fingerprint density at radius 3 is 1.45 bits per heavy atom. The second kappa shape index (κ2) is 7.61. The Balaban J connectivity index is 1.40. The summed E-state index contributed by atoms with van der Waals surface area (Å²) in [5.74, 6) is 0. The van der Waals surface area contributed by atoms with Gasteiger partial charge in [0.25, 0.3) is 0 Å². The summed E-state index contributed by atoms with van der Waals surface area (Å²) in [6.45, 7) is 15.1. The maximum atomic E-state index is 2.79.